The molecule has 130 valence electrons. The van der Waals surface area contributed by atoms with Crippen molar-refractivity contribution in [3.8, 4) is 0 Å². The number of nitrogens with zero attached hydrogens (tertiary/aromatic N) is 2. The van der Waals surface area contributed by atoms with E-state index in [9.17, 15) is 13.6 Å². The second kappa shape index (κ2) is 7.67. The van der Waals surface area contributed by atoms with Crippen molar-refractivity contribution in [3.63, 3.8) is 0 Å². The zero-order valence-corrected chi connectivity index (χ0v) is 14.4. The summed E-state index contributed by atoms with van der Waals surface area (Å²) in [6, 6.07) is 10.7. The Labute approximate surface area is 147 Å². The van der Waals surface area contributed by atoms with Crippen molar-refractivity contribution < 1.29 is 18.3 Å². The molecular formula is C18H16F2N2O2S. The van der Waals surface area contributed by atoms with Crippen LogP contribution in [0.2, 0.25) is 0 Å². The summed E-state index contributed by atoms with van der Waals surface area (Å²) >= 11 is 1.07. The molecule has 0 fully saturated rings. The smallest absolute Gasteiger partial charge is 0.279 e. The number of amides is 1. The topological polar surface area (TPSA) is 43.6 Å². The highest BCUT2D eigenvalue weighted by Gasteiger charge is 2.14. The van der Waals surface area contributed by atoms with Crippen LogP contribution in [0.25, 0.3) is 10.2 Å². The molecule has 0 radical (unpaired) electrons. The van der Waals surface area contributed by atoms with Crippen molar-refractivity contribution in [2.45, 2.75) is 13.5 Å². The fraction of sp³-hybridized carbons (Fsp3) is 0.222. The summed E-state index contributed by atoms with van der Waals surface area (Å²) in [7, 11) is 0. The van der Waals surface area contributed by atoms with E-state index in [-0.39, 0.29) is 5.52 Å². The minimum absolute atomic E-state index is 0.228. The Balaban J connectivity index is 2.12. The highest BCUT2D eigenvalue weighted by atomic mass is 32.1. The Hall–Kier alpha value is -2.38. The number of halogens is 2. The molecule has 4 nitrogen and oxygen atoms in total. The molecule has 0 aliphatic carbocycles. The molecule has 0 N–H and O–H groups in total. The Bertz CT molecular complexity index is 964. The normalized spacial score (nSPS) is 12.0. The summed E-state index contributed by atoms with van der Waals surface area (Å²) in [5, 5.41) is 0. The standard InChI is InChI=1S/C18H16F2N2O2S/c1-2-24-9-8-22-16-14(20)10-13(19)11-15(16)25-18(22)21-17(23)12-6-4-3-5-7-12/h3-7,10-11H,2,8-9H2,1H3. The Morgan fingerprint density at radius 1 is 1.24 bits per heavy atom. The van der Waals surface area contributed by atoms with Crippen LogP contribution in [0.4, 0.5) is 8.78 Å². The quantitative estimate of drug-likeness (QED) is 0.649. The number of fused-ring (bicyclic) bond motifs is 1. The molecule has 0 spiro atoms. The molecule has 7 heteroatoms. The highest BCUT2D eigenvalue weighted by Crippen LogP contribution is 2.22. The molecule has 0 atom stereocenters. The van der Waals surface area contributed by atoms with Gasteiger partial charge in [-0.25, -0.2) is 8.78 Å². The summed E-state index contributed by atoms with van der Waals surface area (Å²) in [6.07, 6.45) is 0. The average molecular weight is 362 g/mol. The lowest BCUT2D eigenvalue weighted by Crippen LogP contribution is -2.20. The third-order valence-electron chi connectivity index (χ3n) is 3.58. The largest absolute Gasteiger partial charge is 0.380 e. The lowest BCUT2D eigenvalue weighted by Gasteiger charge is -2.06. The van der Waals surface area contributed by atoms with E-state index in [2.05, 4.69) is 4.99 Å². The van der Waals surface area contributed by atoms with Crippen LogP contribution >= 0.6 is 11.3 Å². The first-order chi connectivity index (χ1) is 12.1. The number of carbonyl (C=O) groups excluding carboxylic acids is 1. The second-order valence-electron chi connectivity index (χ2n) is 5.25. The van der Waals surface area contributed by atoms with Crippen LogP contribution in [-0.2, 0) is 11.3 Å². The molecule has 0 aliphatic rings. The molecular weight excluding hydrogens is 346 g/mol. The molecule has 25 heavy (non-hydrogen) atoms. The monoisotopic (exact) mass is 362 g/mol. The fourth-order valence-electron chi connectivity index (χ4n) is 2.45. The first-order valence-corrected chi connectivity index (χ1v) is 8.62. The summed E-state index contributed by atoms with van der Waals surface area (Å²) < 4.78 is 35.1. The molecule has 1 heterocycles. The molecule has 0 saturated carbocycles. The highest BCUT2D eigenvalue weighted by molar-refractivity contribution is 7.16. The Morgan fingerprint density at radius 3 is 2.72 bits per heavy atom. The molecule has 0 saturated heterocycles. The van der Waals surface area contributed by atoms with Crippen molar-refractivity contribution in [1.29, 1.82) is 0 Å². The van der Waals surface area contributed by atoms with Gasteiger partial charge in [-0.3, -0.25) is 4.79 Å². The Morgan fingerprint density at radius 2 is 2.00 bits per heavy atom. The number of ether oxygens (including phenoxy) is 1. The maximum Gasteiger partial charge on any atom is 0.279 e. The number of hydrogen-bond donors (Lipinski definition) is 0. The summed E-state index contributed by atoms with van der Waals surface area (Å²) in [5.74, 6) is -1.78. The van der Waals surface area contributed by atoms with Crippen molar-refractivity contribution in [1.82, 2.24) is 4.57 Å². The number of thiazole rings is 1. The van der Waals surface area contributed by atoms with E-state index in [0.29, 0.717) is 34.8 Å². The maximum absolute atomic E-state index is 14.3. The van der Waals surface area contributed by atoms with Gasteiger partial charge in [0.25, 0.3) is 5.91 Å². The number of benzene rings is 2. The van der Waals surface area contributed by atoms with E-state index in [4.69, 9.17) is 4.74 Å². The van der Waals surface area contributed by atoms with E-state index >= 15 is 0 Å². The first kappa shape index (κ1) is 17.4. The van der Waals surface area contributed by atoms with Crippen molar-refractivity contribution >= 4 is 27.5 Å². The van der Waals surface area contributed by atoms with Gasteiger partial charge in [0.15, 0.2) is 10.6 Å². The molecule has 3 rings (SSSR count). The first-order valence-electron chi connectivity index (χ1n) is 7.80. The molecule has 1 aromatic heterocycles. The van der Waals surface area contributed by atoms with Crippen molar-refractivity contribution in [2.75, 3.05) is 13.2 Å². The van der Waals surface area contributed by atoms with E-state index in [1.54, 1.807) is 34.9 Å². The zero-order chi connectivity index (χ0) is 17.8. The lowest BCUT2D eigenvalue weighted by molar-refractivity contribution is 0.0996. The number of carbonyl (C=O) groups is 1. The third kappa shape index (κ3) is 3.83. The van der Waals surface area contributed by atoms with Crippen LogP contribution in [0.1, 0.15) is 17.3 Å². The lowest BCUT2D eigenvalue weighted by atomic mass is 10.2. The van der Waals surface area contributed by atoms with Crippen LogP contribution in [0, 0.1) is 11.6 Å². The molecule has 0 unspecified atom stereocenters. The van der Waals surface area contributed by atoms with E-state index in [0.717, 1.165) is 17.4 Å². The number of aromatic nitrogens is 1. The van der Waals surface area contributed by atoms with Gasteiger partial charge in [-0.1, -0.05) is 29.5 Å². The molecule has 1 amide bonds. The minimum Gasteiger partial charge on any atom is -0.380 e. The van der Waals surface area contributed by atoms with Crippen LogP contribution < -0.4 is 4.80 Å². The van der Waals surface area contributed by atoms with Gasteiger partial charge >= 0.3 is 0 Å². The summed E-state index contributed by atoms with van der Waals surface area (Å²) in [4.78, 5) is 16.8. The summed E-state index contributed by atoms with van der Waals surface area (Å²) in [6.45, 7) is 3.04. The maximum atomic E-state index is 14.3. The molecule has 0 bridgehead atoms. The zero-order valence-electron chi connectivity index (χ0n) is 13.5. The van der Waals surface area contributed by atoms with Gasteiger partial charge in [-0.2, -0.15) is 4.99 Å². The number of hydrogen-bond acceptors (Lipinski definition) is 3. The van der Waals surface area contributed by atoms with Crippen LogP contribution in [0.5, 0.6) is 0 Å². The van der Waals surface area contributed by atoms with Crippen LogP contribution in [0.15, 0.2) is 47.5 Å². The minimum atomic E-state index is -0.684. The Kier molecular flexibility index (Phi) is 5.35. The van der Waals surface area contributed by atoms with E-state index in [1.807, 2.05) is 6.92 Å². The third-order valence-corrected chi connectivity index (χ3v) is 4.60. The second-order valence-corrected chi connectivity index (χ2v) is 6.26. The molecule has 3 aromatic rings. The van der Waals surface area contributed by atoms with Gasteiger partial charge in [0.05, 0.1) is 16.8 Å². The number of rotatable bonds is 5. The van der Waals surface area contributed by atoms with E-state index in [1.165, 1.54) is 6.07 Å². The van der Waals surface area contributed by atoms with Gasteiger partial charge in [0, 0.05) is 24.8 Å². The van der Waals surface area contributed by atoms with Gasteiger partial charge < -0.3 is 9.30 Å². The SMILES string of the molecule is CCOCCn1c(=NC(=O)c2ccccc2)sc2cc(F)cc(F)c21. The fourth-order valence-corrected chi connectivity index (χ4v) is 3.55. The average Bonchev–Trinajstić information content (AvgIpc) is 2.93. The predicted octanol–water partition coefficient (Wildman–Crippen LogP) is 3.76. The van der Waals surface area contributed by atoms with Crippen molar-refractivity contribution in [2.24, 2.45) is 4.99 Å². The predicted molar refractivity (Wildman–Crippen MR) is 92.6 cm³/mol. The summed E-state index contributed by atoms with van der Waals surface area (Å²) in [5.41, 5.74) is 0.661. The van der Waals surface area contributed by atoms with E-state index < -0.39 is 17.5 Å². The van der Waals surface area contributed by atoms with Gasteiger partial charge in [0.1, 0.15) is 5.82 Å². The van der Waals surface area contributed by atoms with Crippen LogP contribution in [-0.4, -0.2) is 23.7 Å². The van der Waals surface area contributed by atoms with Crippen molar-refractivity contribution in [3.05, 3.63) is 64.5 Å². The van der Waals surface area contributed by atoms with Gasteiger partial charge in [-0.05, 0) is 25.1 Å². The molecule has 2 aromatic carbocycles. The molecule has 0 aliphatic heterocycles. The van der Waals surface area contributed by atoms with Gasteiger partial charge in [0.2, 0.25) is 0 Å². The van der Waals surface area contributed by atoms with Gasteiger partial charge in [-0.15, -0.1) is 0 Å². The van der Waals surface area contributed by atoms with Crippen LogP contribution in [0.3, 0.4) is 0 Å².